The first kappa shape index (κ1) is 11.9. The lowest BCUT2D eigenvalue weighted by Gasteiger charge is -2.06. The zero-order valence-electron chi connectivity index (χ0n) is 8.99. The third kappa shape index (κ3) is 2.92. The zero-order valence-corrected chi connectivity index (χ0v) is 8.99. The molecule has 0 heterocycles. The molecule has 16 heavy (non-hydrogen) atoms. The lowest BCUT2D eigenvalue weighted by Crippen LogP contribution is -2.24. The van der Waals surface area contributed by atoms with Gasteiger partial charge in [0.1, 0.15) is 11.5 Å². The number of hydrogen-bond donors (Lipinski definition) is 2. The highest BCUT2D eigenvalue weighted by atomic mass is 16.5. The van der Waals surface area contributed by atoms with Gasteiger partial charge in [0.25, 0.3) is 5.91 Å². The number of aromatic hydroxyl groups is 1. The summed E-state index contributed by atoms with van der Waals surface area (Å²) in [6.07, 6.45) is 5.51. The molecule has 0 aliphatic rings. The van der Waals surface area contributed by atoms with Crippen LogP contribution in [-0.2, 0) is 0 Å². The van der Waals surface area contributed by atoms with E-state index < -0.39 is 0 Å². The minimum absolute atomic E-state index is 0.113. The SMILES string of the molecule is C#CCCNC(=O)c1ccc(OC)cc1O. The molecule has 2 N–H and O–H groups in total. The summed E-state index contributed by atoms with van der Waals surface area (Å²) < 4.78 is 4.91. The molecule has 0 atom stereocenters. The average Bonchev–Trinajstić information content (AvgIpc) is 2.29. The van der Waals surface area contributed by atoms with Gasteiger partial charge >= 0.3 is 0 Å². The second-order valence-electron chi connectivity index (χ2n) is 3.09. The number of amides is 1. The predicted molar refractivity (Wildman–Crippen MR) is 60.4 cm³/mol. The normalized spacial score (nSPS) is 9.25. The molecule has 0 radical (unpaired) electrons. The molecule has 1 aromatic rings. The van der Waals surface area contributed by atoms with Crippen molar-refractivity contribution in [2.45, 2.75) is 6.42 Å². The van der Waals surface area contributed by atoms with Crippen LogP contribution in [0.25, 0.3) is 0 Å². The van der Waals surface area contributed by atoms with E-state index in [1.54, 1.807) is 6.07 Å². The van der Waals surface area contributed by atoms with E-state index >= 15 is 0 Å². The number of benzene rings is 1. The van der Waals surface area contributed by atoms with Crippen molar-refractivity contribution in [3.8, 4) is 23.8 Å². The van der Waals surface area contributed by atoms with Crippen LogP contribution in [0.15, 0.2) is 18.2 Å². The molecular formula is C12H13NO3. The molecule has 0 aromatic heterocycles. The largest absolute Gasteiger partial charge is 0.507 e. The molecule has 1 amide bonds. The second kappa shape index (κ2) is 5.66. The fourth-order valence-corrected chi connectivity index (χ4v) is 1.17. The summed E-state index contributed by atoms with van der Waals surface area (Å²) in [6.45, 7) is 0.390. The first-order valence-corrected chi connectivity index (χ1v) is 4.77. The zero-order chi connectivity index (χ0) is 12.0. The van der Waals surface area contributed by atoms with Crippen LogP contribution in [0.1, 0.15) is 16.8 Å². The van der Waals surface area contributed by atoms with Crippen molar-refractivity contribution in [2.75, 3.05) is 13.7 Å². The Morgan fingerprint density at radius 3 is 2.94 bits per heavy atom. The maximum atomic E-state index is 11.6. The van der Waals surface area contributed by atoms with Gasteiger partial charge in [0, 0.05) is 19.0 Å². The molecule has 4 heteroatoms. The van der Waals surface area contributed by atoms with Gasteiger partial charge in [-0.2, -0.15) is 0 Å². The first-order valence-electron chi connectivity index (χ1n) is 4.77. The van der Waals surface area contributed by atoms with Crippen molar-refractivity contribution in [3.63, 3.8) is 0 Å². The summed E-state index contributed by atoms with van der Waals surface area (Å²) in [5.74, 6) is 2.44. The number of terminal acetylenes is 1. The summed E-state index contributed by atoms with van der Waals surface area (Å²) in [6, 6.07) is 4.49. The fraction of sp³-hybridized carbons (Fsp3) is 0.250. The predicted octanol–water partition coefficient (Wildman–Crippen LogP) is 1.15. The molecule has 0 bridgehead atoms. The van der Waals surface area contributed by atoms with E-state index in [-0.39, 0.29) is 17.2 Å². The number of methoxy groups -OCH3 is 1. The number of rotatable bonds is 4. The maximum Gasteiger partial charge on any atom is 0.255 e. The van der Waals surface area contributed by atoms with E-state index in [0.717, 1.165) is 0 Å². The monoisotopic (exact) mass is 219 g/mol. The summed E-state index contributed by atoms with van der Waals surface area (Å²) in [4.78, 5) is 11.6. The Morgan fingerprint density at radius 2 is 2.38 bits per heavy atom. The molecule has 0 fully saturated rings. The molecule has 0 unspecified atom stereocenters. The van der Waals surface area contributed by atoms with E-state index in [2.05, 4.69) is 11.2 Å². The number of phenolic OH excluding ortho intramolecular Hbond substituents is 1. The summed E-state index contributed by atoms with van der Waals surface area (Å²) in [5.41, 5.74) is 0.206. The Bertz CT molecular complexity index is 421. The van der Waals surface area contributed by atoms with Crippen LogP contribution < -0.4 is 10.1 Å². The lowest BCUT2D eigenvalue weighted by atomic mass is 10.2. The van der Waals surface area contributed by atoms with E-state index in [9.17, 15) is 9.90 Å². The van der Waals surface area contributed by atoms with Crippen LogP contribution in [0.3, 0.4) is 0 Å². The Hall–Kier alpha value is -2.15. The molecule has 0 aliphatic carbocycles. The van der Waals surface area contributed by atoms with Crippen molar-refractivity contribution >= 4 is 5.91 Å². The molecular weight excluding hydrogens is 206 g/mol. The number of hydrogen-bond acceptors (Lipinski definition) is 3. The van der Waals surface area contributed by atoms with E-state index in [1.165, 1.54) is 19.2 Å². The maximum absolute atomic E-state index is 11.6. The summed E-state index contributed by atoms with van der Waals surface area (Å²) >= 11 is 0. The average molecular weight is 219 g/mol. The van der Waals surface area contributed by atoms with Crippen molar-refractivity contribution in [1.82, 2.24) is 5.32 Å². The lowest BCUT2D eigenvalue weighted by molar-refractivity contribution is 0.0952. The topological polar surface area (TPSA) is 58.6 Å². The minimum Gasteiger partial charge on any atom is -0.507 e. The number of carbonyl (C=O) groups excluding carboxylic acids is 1. The van der Waals surface area contributed by atoms with Gasteiger partial charge in [-0.25, -0.2) is 0 Å². The van der Waals surface area contributed by atoms with Gasteiger partial charge < -0.3 is 15.2 Å². The van der Waals surface area contributed by atoms with Gasteiger partial charge in [-0.15, -0.1) is 12.3 Å². The third-order valence-electron chi connectivity index (χ3n) is 2.00. The van der Waals surface area contributed by atoms with Gasteiger partial charge in [-0.05, 0) is 12.1 Å². The molecule has 1 rings (SSSR count). The molecule has 84 valence electrons. The van der Waals surface area contributed by atoms with Crippen LogP contribution in [-0.4, -0.2) is 24.7 Å². The smallest absolute Gasteiger partial charge is 0.255 e. The molecule has 0 saturated carbocycles. The van der Waals surface area contributed by atoms with Crippen LogP contribution in [0.5, 0.6) is 11.5 Å². The van der Waals surface area contributed by atoms with Crippen molar-refractivity contribution in [1.29, 1.82) is 0 Å². The van der Waals surface area contributed by atoms with Gasteiger partial charge in [-0.1, -0.05) is 0 Å². The second-order valence-corrected chi connectivity index (χ2v) is 3.09. The first-order chi connectivity index (χ1) is 7.69. The Labute approximate surface area is 94.2 Å². The molecule has 4 nitrogen and oxygen atoms in total. The highest BCUT2D eigenvalue weighted by Crippen LogP contribution is 2.22. The Morgan fingerprint density at radius 1 is 1.62 bits per heavy atom. The summed E-state index contributed by atoms with van der Waals surface area (Å²) in [5, 5.41) is 12.2. The van der Waals surface area contributed by atoms with Gasteiger partial charge in [0.15, 0.2) is 0 Å². The highest BCUT2D eigenvalue weighted by Gasteiger charge is 2.10. The minimum atomic E-state index is -0.351. The number of carbonyl (C=O) groups is 1. The van der Waals surface area contributed by atoms with Crippen LogP contribution in [0.4, 0.5) is 0 Å². The molecule has 0 saturated heterocycles. The van der Waals surface area contributed by atoms with Gasteiger partial charge in [0.2, 0.25) is 0 Å². The van der Waals surface area contributed by atoms with Crippen molar-refractivity contribution in [2.24, 2.45) is 0 Å². The molecule has 1 aromatic carbocycles. The van der Waals surface area contributed by atoms with E-state index in [4.69, 9.17) is 11.2 Å². The summed E-state index contributed by atoms with van der Waals surface area (Å²) in [7, 11) is 1.49. The Balaban J connectivity index is 2.73. The quantitative estimate of drug-likeness (QED) is 0.590. The highest BCUT2D eigenvalue weighted by molar-refractivity contribution is 5.96. The number of ether oxygens (including phenoxy) is 1. The number of phenols is 1. The standard InChI is InChI=1S/C12H13NO3/c1-3-4-7-13-12(15)10-6-5-9(16-2)8-11(10)14/h1,5-6,8,14H,4,7H2,2H3,(H,13,15). The van der Waals surface area contributed by atoms with Crippen LogP contribution >= 0.6 is 0 Å². The van der Waals surface area contributed by atoms with Crippen LogP contribution in [0.2, 0.25) is 0 Å². The van der Waals surface area contributed by atoms with Crippen molar-refractivity contribution < 1.29 is 14.6 Å². The van der Waals surface area contributed by atoms with E-state index in [0.29, 0.717) is 18.7 Å². The van der Waals surface area contributed by atoms with Gasteiger partial charge in [-0.3, -0.25) is 4.79 Å². The van der Waals surface area contributed by atoms with Crippen LogP contribution in [0, 0.1) is 12.3 Å². The fourth-order valence-electron chi connectivity index (χ4n) is 1.17. The van der Waals surface area contributed by atoms with Crippen molar-refractivity contribution in [3.05, 3.63) is 23.8 Å². The molecule has 0 aliphatic heterocycles. The van der Waals surface area contributed by atoms with Gasteiger partial charge in [0.05, 0.1) is 12.7 Å². The third-order valence-corrected chi connectivity index (χ3v) is 2.00. The number of nitrogens with one attached hydrogen (secondary N) is 1. The molecule has 0 spiro atoms. The Kier molecular flexibility index (Phi) is 4.22. The van der Waals surface area contributed by atoms with E-state index in [1.807, 2.05) is 0 Å².